The van der Waals surface area contributed by atoms with Gasteiger partial charge in [-0.1, -0.05) is 41.5 Å². The molecule has 0 rings (SSSR count). The average Bonchev–Trinajstić information content (AvgIpc) is 2.16. The fourth-order valence-electron chi connectivity index (χ4n) is 1.25. The van der Waals surface area contributed by atoms with Crippen LogP contribution in [0.15, 0.2) is 0 Å². The molecule has 2 atom stereocenters. The van der Waals surface area contributed by atoms with Crippen molar-refractivity contribution in [3.63, 3.8) is 0 Å². The van der Waals surface area contributed by atoms with E-state index in [-0.39, 0.29) is 5.97 Å². The van der Waals surface area contributed by atoms with E-state index in [0.717, 1.165) is 6.42 Å². The van der Waals surface area contributed by atoms with Crippen LogP contribution in [0.2, 0.25) is 0 Å². The zero-order chi connectivity index (χ0) is 12.7. The molecule has 96 valence electrons. The van der Waals surface area contributed by atoms with Crippen molar-refractivity contribution in [2.45, 2.75) is 54.4 Å². The minimum Gasteiger partial charge on any atom is -0.466 e. The van der Waals surface area contributed by atoms with E-state index < -0.39 is 0 Å². The van der Waals surface area contributed by atoms with Crippen LogP contribution in [0, 0.1) is 23.7 Å². The van der Waals surface area contributed by atoms with Crippen molar-refractivity contribution >= 4 is 5.97 Å². The molecule has 0 aliphatic rings. The molecule has 0 bridgehead atoms. The number of carbonyl (C=O) groups excluding carboxylic acids is 1. The van der Waals surface area contributed by atoms with Gasteiger partial charge >= 0.3 is 5.97 Å². The Bertz CT molecular complexity index is 197. The molecule has 0 fully saturated rings. The number of rotatable bonds is 7. The number of ether oxygens (including phenoxy) is 1. The van der Waals surface area contributed by atoms with Gasteiger partial charge in [-0.25, -0.2) is 0 Å². The first kappa shape index (κ1) is 15.5. The Morgan fingerprint density at radius 1 is 0.938 bits per heavy atom. The molecule has 2 heteroatoms. The molecule has 0 aromatic carbocycles. The molecule has 2 unspecified atom stereocenters. The Kier molecular flexibility index (Phi) is 7.44. The van der Waals surface area contributed by atoms with E-state index >= 15 is 0 Å². The van der Waals surface area contributed by atoms with Gasteiger partial charge in [0.05, 0.1) is 6.61 Å². The van der Waals surface area contributed by atoms with Crippen LogP contribution >= 0.6 is 0 Å². The highest BCUT2D eigenvalue weighted by Crippen LogP contribution is 2.16. The monoisotopic (exact) mass is 228 g/mol. The van der Waals surface area contributed by atoms with Gasteiger partial charge in [0.15, 0.2) is 0 Å². The Morgan fingerprint density at radius 2 is 1.44 bits per heavy atom. The normalized spacial score (nSPS) is 15.2. The highest BCUT2D eigenvalue weighted by molar-refractivity contribution is 5.69. The molecular formula is C14H28O2. The molecule has 0 spiro atoms. The summed E-state index contributed by atoms with van der Waals surface area (Å²) in [7, 11) is 0. The van der Waals surface area contributed by atoms with Crippen LogP contribution in [0.5, 0.6) is 0 Å². The van der Waals surface area contributed by atoms with Gasteiger partial charge in [-0.15, -0.1) is 0 Å². The predicted molar refractivity (Wildman–Crippen MR) is 68.2 cm³/mol. The molecule has 0 aromatic heterocycles. The summed E-state index contributed by atoms with van der Waals surface area (Å²) in [6.07, 6.45) is 1.52. The summed E-state index contributed by atoms with van der Waals surface area (Å²) in [5, 5.41) is 0. The number of esters is 1. The van der Waals surface area contributed by atoms with Crippen molar-refractivity contribution in [1.82, 2.24) is 0 Å². The molecule has 16 heavy (non-hydrogen) atoms. The summed E-state index contributed by atoms with van der Waals surface area (Å²) in [6.45, 7) is 13.6. The van der Waals surface area contributed by atoms with Crippen LogP contribution in [0.3, 0.4) is 0 Å². The third-order valence-corrected chi connectivity index (χ3v) is 3.60. The SMILES string of the molecule is CC(C)C(C)CCOC(=O)CC(C)C(C)C. The van der Waals surface area contributed by atoms with E-state index in [1.54, 1.807) is 0 Å². The lowest BCUT2D eigenvalue weighted by Gasteiger charge is -2.17. The van der Waals surface area contributed by atoms with Crippen LogP contribution in [0.1, 0.15) is 54.4 Å². The van der Waals surface area contributed by atoms with Gasteiger partial charge in [-0.2, -0.15) is 0 Å². The Labute approximate surface area is 101 Å². The molecule has 0 amide bonds. The number of hydrogen-bond acceptors (Lipinski definition) is 2. The summed E-state index contributed by atoms with van der Waals surface area (Å²) in [6, 6.07) is 0. The predicted octanol–water partition coefficient (Wildman–Crippen LogP) is 3.89. The lowest BCUT2D eigenvalue weighted by atomic mass is 9.94. The Morgan fingerprint density at radius 3 is 1.88 bits per heavy atom. The first-order valence-electron chi connectivity index (χ1n) is 6.50. The minimum absolute atomic E-state index is 0.0443. The first-order chi connectivity index (χ1) is 7.34. The maximum atomic E-state index is 11.5. The maximum absolute atomic E-state index is 11.5. The van der Waals surface area contributed by atoms with Gasteiger partial charge in [0, 0.05) is 6.42 Å². The maximum Gasteiger partial charge on any atom is 0.306 e. The topological polar surface area (TPSA) is 26.3 Å². The minimum atomic E-state index is -0.0443. The molecular weight excluding hydrogens is 200 g/mol. The summed E-state index contributed by atoms with van der Waals surface area (Å²) >= 11 is 0. The highest BCUT2D eigenvalue weighted by Gasteiger charge is 2.14. The zero-order valence-electron chi connectivity index (χ0n) is 11.7. The molecule has 0 aliphatic heterocycles. The second-order valence-electron chi connectivity index (χ2n) is 5.66. The Balaban J connectivity index is 3.66. The van der Waals surface area contributed by atoms with Crippen LogP contribution in [-0.4, -0.2) is 12.6 Å². The zero-order valence-corrected chi connectivity index (χ0v) is 11.7. The third-order valence-electron chi connectivity index (χ3n) is 3.60. The standard InChI is InChI=1S/C14H28O2/c1-10(2)12(5)7-8-16-14(15)9-13(6)11(3)4/h10-13H,7-9H2,1-6H3. The van der Waals surface area contributed by atoms with Crippen molar-refractivity contribution in [2.24, 2.45) is 23.7 Å². The molecule has 0 aromatic rings. The fraction of sp³-hybridized carbons (Fsp3) is 0.929. The first-order valence-corrected chi connectivity index (χ1v) is 6.50. The van der Waals surface area contributed by atoms with Gasteiger partial charge in [0.1, 0.15) is 0 Å². The van der Waals surface area contributed by atoms with Crippen LogP contribution < -0.4 is 0 Å². The smallest absolute Gasteiger partial charge is 0.306 e. The van der Waals surface area contributed by atoms with Crippen molar-refractivity contribution in [1.29, 1.82) is 0 Å². The molecule has 0 saturated carbocycles. The average molecular weight is 228 g/mol. The van der Waals surface area contributed by atoms with Crippen LogP contribution in [0.25, 0.3) is 0 Å². The number of carbonyl (C=O) groups is 1. The van der Waals surface area contributed by atoms with Crippen LogP contribution in [0.4, 0.5) is 0 Å². The Hall–Kier alpha value is -0.530. The van der Waals surface area contributed by atoms with E-state index in [4.69, 9.17) is 4.74 Å². The molecule has 0 radical (unpaired) electrons. The lowest BCUT2D eigenvalue weighted by Crippen LogP contribution is -2.15. The van der Waals surface area contributed by atoms with Gasteiger partial charge in [-0.05, 0) is 30.1 Å². The largest absolute Gasteiger partial charge is 0.466 e. The van der Waals surface area contributed by atoms with E-state index in [1.807, 2.05) is 0 Å². The lowest BCUT2D eigenvalue weighted by molar-refractivity contribution is -0.145. The molecule has 0 saturated heterocycles. The van der Waals surface area contributed by atoms with E-state index in [9.17, 15) is 4.79 Å². The molecule has 2 nitrogen and oxygen atoms in total. The van der Waals surface area contributed by atoms with Gasteiger partial charge in [0.25, 0.3) is 0 Å². The van der Waals surface area contributed by atoms with Crippen molar-refractivity contribution in [3.05, 3.63) is 0 Å². The summed E-state index contributed by atoms with van der Waals surface area (Å²) < 4.78 is 5.24. The van der Waals surface area contributed by atoms with E-state index in [2.05, 4.69) is 41.5 Å². The fourth-order valence-corrected chi connectivity index (χ4v) is 1.25. The molecule has 0 N–H and O–H groups in total. The summed E-state index contributed by atoms with van der Waals surface area (Å²) in [5.74, 6) is 2.19. The van der Waals surface area contributed by atoms with Gasteiger partial charge in [0.2, 0.25) is 0 Å². The van der Waals surface area contributed by atoms with E-state index in [1.165, 1.54) is 0 Å². The summed E-state index contributed by atoms with van der Waals surface area (Å²) in [5.41, 5.74) is 0. The van der Waals surface area contributed by atoms with Gasteiger partial charge < -0.3 is 4.74 Å². The van der Waals surface area contributed by atoms with E-state index in [0.29, 0.717) is 36.7 Å². The quantitative estimate of drug-likeness (QED) is 0.618. The third kappa shape index (κ3) is 6.86. The van der Waals surface area contributed by atoms with Gasteiger partial charge in [-0.3, -0.25) is 4.79 Å². The van der Waals surface area contributed by atoms with Crippen LogP contribution in [-0.2, 0) is 9.53 Å². The second kappa shape index (κ2) is 7.70. The summed E-state index contributed by atoms with van der Waals surface area (Å²) in [4.78, 5) is 11.5. The molecule has 0 heterocycles. The second-order valence-corrected chi connectivity index (χ2v) is 5.66. The van der Waals surface area contributed by atoms with Crippen molar-refractivity contribution in [2.75, 3.05) is 6.61 Å². The molecule has 0 aliphatic carbocycles. The van der Waals surface area contributed by atoms with Crippen molar-refractivity contribution in [3.8, 4) is 0 Å². The van der Waals surface area contributed by atoms with Crippen molar-refractivity contribution < 1.29 is 9.53 Å². The number of hydrogen-bond donors (Lipinski definition) is 0. The highest BCUT2D eigenvalue weighted by atomic mass is 16.5.